The highest BCUT2D eigenvalue weighted by atomic mass is 32.1. The molecule has 0 amide bonds. The Balaban J connectivity index is 2.82. The number of hydrogen-bond acceptors (Lipinski definition) is 5. The van der Waals surface area contributed by atoms with E-state index in [0.29, 0.717) is 0 Å². The van der Waals surface area contributed by atoms with Crippen LogP contribution in [0.5, 0.6) is 0 Å². The van der Waals surface area contributed by atoms with Gasteiger partial charge in [-0.05, 0) is 13.3 Å². The summed E-state index contributed by atoms with van der Waals surface area (Å²) >= 11 is 1.22. The zero-order chi connectivity index (χ0) is 8.55. The van der Waals surface area contributed by atoms with Crippen LogP contribution in [0.2, 0.25) is 0 Å². The predicted octanol–water partition coefficient (Wildman–Crippen LogP) is 1.35. The molecule has 0 aliphatic rings. The first-order valence-corrected chi connectivity index (χ1v) is 4.50. The van der Waals surface area contributed by atoms with Crippen molar-refractivity contribution in [1.29, 1.82) is 0 Å². The maximum atomic E-state index is 4.18. The van der Waals surface area contributed by atoms with Gasteiger partial charge >= 0.3 is 0 Å². The first-order valence-electron chi connectivity index (χ1n) is 3.77. The van der Waals surface area contributed by atoms with E-state index in [1.165, 1.54) is 11.7 Å². The zero-order valence-electron chi connectivity index (χ0n) is 6.90. The van der Waals surface area contributed by atoms with Gasteiger partial charge in [-0.25, -0.2) is 0 Å². The molecule has 0 aliphatic carbocycles. The van der Waals surface area contributed by atoms with Crippen molar-refractivity contribution in [2.24, 2.45) is 0 Å². The molecular formula is C7H8N4S. The molecule has 0 aromatic carbocycles. The van der Waals surface area contributed by atoms with Crippen LogP contribution in [0.15, 0.2) is 0 Å². The maximum Gasteiger partial charge on any atom is 0.130 e. The lowest BCUT2D eigenvalue weighted by atomic mass is 10.2. The van der Waals surface area contributed by atoms with E-state index >= 15 is 0 Å². The lowest BCUT2D eigenvalue weighted by Gasteiger charge is -1.95. The van der Waals surface area contributed by atoms with Gasteiger partial charge in [0, 0.05) is 0 Å². The molecule has 0 unspecified atom stereocenters. The zero-order valence-corrected chi connectivity index (χ0v) is 7.72. The van der Waals surface area contributed by atoms with Crippen LogP contribution in [-0.4, -0.2) is 18.9 Å². The summed E-state index contributed by atoms with van der Waals surface area (Å²) in [7, 11) is 0. The first kappa shape index (κ1) is 7.54. The fourth-order valence-corrected chi connectivity index (χ4v) is 1.70. The molecule has 4 nitrogen and oxygen atoms in total. The van der Waals surface area contributed by atoms with Crippen LogP contribution in [0, 0.1) is 6.92 Å². The Bertz CT molecular complexity index is 409. The highest BCUT2D eigenvalue weighted by molar-refractivity contribution is 7.00. The molecule has 2 rings (SSSR count). The summed E-state index contributed by atoms with van der Waals surface area (Å²) < 4.78 is 8.33. The van der Waals surface area contributed by atoms with Crippen molar-refractivity contribution < 1.29 is 0 Å². The summed E-state index contributed by atoms with van der Waals surface area (Å²) in [5, 5.41) is 8.06. The van der Waals surface area contributed by atoms with E-state index in [2.05, 4.69) is 18.9 Å². The van der Waals surface area contributed by atoms with Crippen molar-refractivity contribution in [3.05, 3.63) is 11.4 Å². The Morgan fingerprint density at radius 2 is 1.92 bits per heavy atom. The third-order valence-electron chi connectivity index (χ3n) is 1.76. The summed E-state index contributed by atoms with van der Waals surface area (Å²) in [6.45, 7) is 3.94. The first-order chi connectivity index (χ1) is 5.83. The normalized spacial score (nSPS) is 10.8. The van der Waals surface area contributed by atoms with Crippen molar-refractivity contribution in [3.8, 4) is 0 Å². The third-order valence-corrected chi connectivity index (χ3v) is 2.29. The van der Waals surface area contributed by atoms with Gasteiger partial charge in [0.25, 0.3) is 0 Å². The number of hydrogen-bond donors (Lipinski definition) is 0. The number of nitrogens with zero attached hydrogens (tertiary/aromatic N) is 4. The smallest absolute Gasteiger partial charge is 0.130 e. The Labute approximate surface area is 74.0 Å². The van der Waals surface area contributed by atoms with Crippen molar-refractivity contribution in [2.75, 3.05) is 0 Å². The van der Waals surface area contributed by atoms with Crippen LogP contribution in [0.1, 0.15) is 18.3 Å². The van der Waals surface area contributed by atoms with Gasteiger partial charge in [-0.15, -0.1) is 0 Å². The lowest BCUT2D eigenvalue weighted by Crippen LogP contribution is -1.95. The van der Waals surface area contributed by atoms with Crippen LogP contribution < -0.4 is 0 Å². The average molecular weight is 180 g/mol. The van der Waals surface area contributed by atoms with Crippen molar-refractivity contribution >= 4 is 22.8 Å². The molecular weight excluding hydrogens is 172 g/mol. The summed E-state index contributed by atoms with van der Waals surface area (Å²) in [4.78, 5) is 0. The second kappa shape index (κ2) is 2.75. The van der Waals surface area contributed by atoms with Crippen LogP contribution >= 0.6 is 11.7 Å². The Hall–Kier alpha value is -1.10. The molecule has 0 bridgehead atoms. The Morgan fingerprint density at radius 3 is 2.67 bits per heavy atom. The molecule has 12 heavy (non-hydrogen) atoms. The van der Waals surface area contributed by atoms with Gasteiger partial charge in [-0.2, -0.15) is 18.9 Å². The van der Waals surface area contributed by atoms with E-state index in [0.717, 1.165) is 28.8 Å². The van der Waals surface area contributed by atoms with Crippen LogP contribution in [0.3, 0.4) is 0 Å². The molecule has 0 saturated heterocycles. The number of fused-ring (bicyclic) bond motifs is 1. The second-order valence-electron chi connectivity index (χ2n) is 2.55. The molecule has 0 spiro atoms. The summed E-state index contributed by atoms with van der Waals surface area (Å²) in [5.74, 6) is 0. The maximum absolute atomic E-state index is 4.18. The van der Waals surface area contributed by atoms with Crippen LogP contribution in [0.4, 0.5) is 0 Å². The van der Waals surface area contributed by atoms with Crippen LogP contribution in [0.25, 0.3) is 11.0 Å². The van der Waals surface area contributed by atoms with E-state index in [9.17, 15) is 0 Å². The minimum absolute atomic E-state index is 0.856. The molecule has 0 aliphatic heterocycles. The van der Waals surface area contributed by atoms with E-state index in [-0.39, 0.29) is 0 Å². The van der Waals surface area contributed by atoms with E-state index in [1.807, 2.05) is 13.8 Å². The fraction of sp³-hybridized carbons (Fsp3) is 0.429. The molecule has 0 fully saturated rings. The molecule has 2 aromatic heterocycles. The van der Waals surface area contributed by atoms with Gasteiger partial charge in [-0.3, -0.25) is 0 Å². The standard InChI is InChI=1S/C7H8N4S/c1-3-5-7-6(10-12-11-7)4(2)8-9-5/h3H2,1-2H3. The molecule has 0 atom stereocenters. The lowest BCUT2D eigenvalue weighted by molar-refractivity contribution is 0.911. The fourth-order valence-electron chi connectivity index (χ4n) is 1.08. The molecule has 62 valence electrons. The summed E-state index contributed by atoms with van der Waals surface area (Å²) in [6, 6.07) is 0. The van der Waals surface area contributed by atoms with E-state index < -0.39 is 0 Å². The molecule has 0 saturated carbocycles. The minimum atomic E-state index is 0.856. The number of aryl methyl sites for hydroxylation is 2. The highest BCUT2D eigenvalue weighted by Gasteiger charge is 2.08. The van der Waals surface area contributed by atoms with Gasteiger partial charge in [0.15, 0.2) is 0 Å². The van der Waals surface area contributed by atoms with E-state index in [4.69, 9.17) is 0 Å². The Kier molecular flexibility index (Phi) is 1.73. The molecule has 5 heteroatoms. The van der Waals surface area contributed by atoms with Gasteiger partial charge in [-0.1, -0.05) is 6.92 Å². The molecule has 2 heterocycles. The summed E-state index contributed by atoms with van der Waals surface area (Å²) in [5.41, 5.74) is 3.60. The molecule has 2 aromatic rings. The van der Waals surface area contributed by atoms with Gasteiger partial charge in [0.1, 0.15) is 11.0 Å². The quantitative estimate of drug-likeness (QED) is 0.664. The Morgan fingerprint density at radius 1 is 1.17 bits per heavy atom. The van der Waals surface area contributed by atoms with Crippen molar-refractivity contribution in [2.45, 2.75) is 20.3 Å². The van der Waals surface area contributed by atoms with Crippen LogP contribution in [-0.2, 0) is 6.42 Å². The predicted molar refractivity (Wildman–Crippen MR) is 47.1 cm³/mol. The monoisotopic (exact) mass is 180 g/mol. The molecule has 0 radical (unpaired) electrons. The third kappa shape index (κ3) is 0.972. The SMILES string of the molecule is CCc1nnc(C)c2nsnc12. The van der Waals surface area contributed by atoms with Gasteiger partial charge < -0.3 is 0 Å². The number of rotatable bonds is 1. The second-order valence-corrected chi connectivity index (χ2v) is 3.08. The highest BCUT2D eigenvalue weighted by Crippen LogP contribution is 2.16. The minimum Gasteiger partial charge on any atom is -0.171 e. The van der Waals surface area contributed by atoms with Crippen molar-refractivity contribution in [1.82, 2.24) is 18.9 Å². The average Bonchev–Trinajstić information content (AvgIpc) is 2.54. The largest absolute Gasteiger partial charge is 0.171 e. The topological polar surface area (TPSA) is 51.6 Å². The van der Waals surface area contributed by atoms with Gasteiger partial charge in [0.05, 0.1) is 23.1 Å². The van der Waals surface area contributed by atoms with Gasteiger partial charge in [0.2, 0.25) is 0 Å². The van der Waals surface area contributed by atoms with Crippen molar-refractivity contribution in [3.63, 3.8) is 0 Å². The molecule has 0 N–H and O–H groups in total. The summed E-state index contributed by atoms with van der Waals surface area (Å²) in [6.07, 6.45) is 0.856. The number of aromatic nitrogens is 4. The van der Waals surface area contributed by atoms with E-state index in [1.54, 1.807) is 0 Å².